The van der Waals surface area contributed by atoms with Crippen LogP contribution in [0.3, 0.4) is 0 Å². The molecule has 1 saturated heterocycles. The number of carbonyl (C=O) groups is 3. The first-order chi connectivity index (χ1) is 18.7. The smallest absolute Gasteiger partial charge is 0.255 e. The molecule has 0 bridgehead atoms. The summed E-state index contributed by atoms with van der Waals surface area (Å²) in [5.41, 5.74) is 8.04. The Bertz CT molecular complexity index is 1270. The molecule has 2 heterocycles. The van der Waals surface area contributed by atoms with Crippen LogP contribution in [0.25, 0.3) is 11.3 Å². The van der Waals surface area contributed by atoms with Gasteiger partial charge < -0.3 is 25.1 Å². The maximum absolute atomic E-state index is 13.5. The van der Waals surface area contributed by atoms with Crippen LogP contribution in [-0.4, -0.2) is 59.3 Å². The van der Waals surface area contributed by atoms with Crippen molar-refractivity contribution >= 4 is 17.7 Å². The van der Waals surface area contributed by atoms with Crippen LogP contribution in [0.4, 0.5) is 0 Å². The van der Waals surface area contributed by atoms with E-state index in [1.807, 2.05) is 75.4 Å². The number of hydrogen-bond donors (Lipinski definition) is 2. The molecule has 206 valence electrons. The molecule has 3 N–H and O–H groups in total. The molecule has 39 heavy (non-hydrogen) atoms. The van der Waals surface area contributed by atoms with Gasteiger partial charge in [-0.3, -0.25) is 19.3 Å². The molecule has 9 heteroatoms. The number of furan rings is 1. The summed E-state index contributed by atoms with van der Waals surface area (Å²) in [6.07, 6.45) is 1.63. The van der Waals surface area contributed by atoms with Crippen molar-refractivity contribution in [3.8, 4) is 17.1 Å². The second-order valence-electron chi connectivity index (χ2n) is 10.2. The molecular weight excluding hydrogens is 496 g/mol. The molecule has 1 aliphatic heterocycles. The summed E-state index contributed by atoms with van der Waals surface area (Å²) < 4.78 is 11.0. The molecule has 1 fully saturated rings. The van der Waals surface area contributed by atoms with E-state index in [4.69, 9.17) is 14.9 Å². The number of ether oxygens (including phenoxy) is 1. The number of nitrogens with zero attached hydrogens (tertiary/aromatic N) is 2. The van der Waals surface area contributed by atoms with Gasteiger partial charge in [0.15, 0.2) is 6.61 Å². The third-order valence-electron chi connectivity index (χ3n) is 6.78. The predicted octanol–water partition coefficient (Wildman–Crippen LogP) is 3.18. The van der Waals surface area contributed by atoms with Gasteiger partial charge in [-0.1, -0.05) is 56.3 Å². The molecule has 0 saturated carbocycles. The number of carbonyl (C=O) groups excluding carboxylic acids is 3. The van der Waals surface area contributed by atoms with Crippen LogP contribution in [0.1, 0.15) is 31.9 Å². The Morgan fingerprint density at radius 2 is 1.79 bits per heavy atom. The summed E-state index contributed by atoms with van der Waals surface area (Å²) in [5.74, 6) is 0.331. The van der Waals surface area contributed by atoms with E-state index < -0.39 is 11.9 Å². The van der Waals surface area contributed by atoms with Gasteiger partial charge in [0.1, 0.15) is 17.6 Å². The van der Waals surface area contributed by atoms with E-state index in [1.54, 1.807) is 17.2 Å². The van der Waals surface area contributed by atoms with E-state index in [9.17, 15) is 14.4 Å². The zero-order valence-electron chi connectivity index (χ0n) is 22.6. The molecule has 1 aromatic heterocycles. The molecule has 3 aromatic rings. The first-order valence-corrected chi connectivity index (χ1v) is 13.2. The fourth-order valence-corrected chi connectivity index (χ4v) is 4.88. The second kappa shape index (κ2) is 12.6. The minimum absolute atomic E-state index is 0.0460. The molecule has 0 spiro atoms. The fraction of sp³-hybridized carbons (Fsp3) is 0.367. The Labute approximate surface area is 228 Å². The van der Waals surface area contributed by atoms with Crippen LogP contribution in [0.5, 0.6) is 5.75 Å². The number of hydrogen-bond acceptors (Lipinski definition) is 6. The molecule has 0 radical (unpaired) electrons. The Balaban J connectivity index is 1.47. The van der Waals surface area contributed by atoms with Crippen molar-refractivity contribution in [2.45, 2.75) is 45.9 Å². The van der Waals surface area contributed by atoms with E-state index in [2.05, 4.69) is 10.2 Å². The highest BCUT2D eigenvalue weighted by molar-refractivity contribution is 5.89. The highest BCUT2D eigenvalue weighted by Gasteiger charge is 2.40. The molecule has 2 unspecified atom stereocenters. The van der Waals surface area contributed by atoms with Gasteiger partial charge in [-0.2, -0.15) is 0 Å². The average molecular weight is 533 g/mol. The second-order valence-corrected chi connectivity index (χ2v) is 10.2. The van der Waals surface area contributed by atoms with Crippen molar-refractivity contribution in [3.05, 3.63) is 78.1 Å². The molecular formula is C30H36N4O5. The Morgan fingerprint density at radius 3 is 2.46 bits per heavy atom. The SMILES string of the molecule is CC(C)C(=O)N1C(C)CN(Cc2ccccc2OCC(N)=O)CC1C(=O)NCc1ccc(-c2ccco2)cc1. The lowest BCUT2D eigenvalue weighted by atomic mass is 10.0. The summed E-state index contributed by atoms with van der Waals surface area (Å²) >= 11 is 0. The molecule has 9 nitrogen and oxygen atoms in total. The zero-order valence-corrected chi connectivity index (χ0v) is 22.6. The van der Waals surface area contributed by atoms with Crippen LogP contribution in [0.15, 0.2) is 71.3 Å². The summed E-state index contributed by atoms with van der Waals surface area (Å²) in [7, 11) is 0. The van der Waals surface area contributed by atoms with Gasteiger partial charge in [0.05, 0.1) is 6.26 Å². The van der Waals surface area contributed by atoms with Crippen molar-refractivity contribution in [1.82, 2.24) is 15.1 Å². The van der Waals surface area contributed by atoms with Crippen molar-refractivity contribution in [2.24, 2.45) is 11.7 Å². The monoisotopic (exact) mass is 532 g/mol. The number of benzene rings is 2. The van der Waals surface area contributed by atoms with Crippen LogP contribution in [-0.2, 0) is 27.5 Å². The van der Waals surface area contributed by atoms with Gasteiger partial charge in [-0.15, -0.1) is 0 Å². The van der Waals surface area contributed by atoms with E-state index in [0.717, 1.165) is 22.5 Å². The zero-order chi connectivity index (χ0) is 27.9. The summed E-state index contributed by atoms with van der Waals surface area (Å²) in [6.45, 7) is 7.27. The standard InChI is InChI=1S/C30H36N4O5/c1-20(2)30(37)34-21(3)16-33(17-24-7-4-5-8-27(24)39-19-28(31)35)18-25(34)29(36)32-15-22-10-12-23(13-11-22)26-9-6-14-38-26/h4-14,20-21,25H,15-19H2,1-3H3,(H2,31,35)(H,32,36). The summed E-state index contributed by atoms with van der Waals surface area (Å²) in [6, 6.07) is 18.2. The van der Waals surface area contributed by atoms with Crippen molar-refractivity contribution in [2.75, 3.05) is 19.7 Å². The summed E-state index contributed by atoms with van der Waals surface area (Å²) in [5, 5.41) is 3.04. The number of rotatable bonds is 10. The lowest BCUT2D eigenvalue weighted by molar-refractivity contribution is -0.150. The highest BCUT2D eigenvalue weighted by atomic mass is 16.5. The molecule has 2 atom stereocenters. The Morgan fingerprint density at radius 1 is 1.05 bits per heavy atom. The van der Waals surface area contributed by atoms with Crippen molar-refractivity contribution in [1.29, 1.82) is 0 Å². The number of para-hydroxylation sites is 1. The van der Waals surface area contributed by atoms with Gasteiger partial charge in [-0.25, -0.2) is 0 Å². The quantitative estimate of drug-likeness (QED) is 0.414. The maximum atomic E-state index is 13.5. The van der Waals surface area contributed by atoms with Crippen molar-refractivity contribution < 1.29 is 23.5 Å². The van der Waals surface area contributed by atoms with E-state index in [0.29, 0.717) is 31.9 Å². The third-order valence-corrected chi connectivity index (χ3v) is 6.78. The minimum atomic E-state index is -0.648. The first-order valence-electron chi connectivity index (χ1n) is 13.2. The molecule has 4 rings (SSSR count). The molecule has 0 aliphatic carbocycles. The fourth-order valence-electron chi connectivity index (χ4n) is 4.88. The number of primary amides is 1. The topological polar surface area (TPSA) is 118 Å². The maximum Gasteiger partial charge on any atom is 0.255 e. The van der Waals surface area contributed by atoms with Gasteiger partial charge in [0.25, 0.3) is 5.91 Å². The van der Waals surface area contributed by atoms with Crippen LogP contribution >= 0.6 is 0 Å². The lowest BCUT2D eigenvalue weighted by Crippen LogP contribution is -2.64. The molecule has 3 amide bonds. The molecule has 2 aromatic carbocycles. The van der Waals surface area contributed by atoms with E-state index >= 15 is 0 Å². The predicted molar refractivity (Wildman–Crippen MR) is 147 cm³/mol. The van der Waals surface area contributed by atoms with Crippen LogP contribution in [0, 0.1) is 5.92 Å². The number of nitrogens with two attached hydrogens (primary N) is 1. The highest BCUT2D eigenvalue weighted by Crippen LogP contribution is 2.25. The third kappa shape index (κ3) is 7.06. The van der Waals surface area contributed by atoms with Gasteiger partial charge >= 0.3 is 0 Å². The van der Waals surface area contributed by atoms with E-state index in [1.165, 1.54) is 0 Å². The number of piperazine rings is 1. The van der Waals surface area contributed by atoms with E-state index in [-0.39, 0.29) is 30.4 Å². The largest absolute Gasteiger partial charge is 0.483 e. The van der Waals surface area contributed by atoms with Crippen LogP contribution < -0.4 is 15.8 Å². The Kier molecular flexibility index (Phi) is 9.03. The molecule has 1 aliphatic rings. The lowest BCUT2D eigenvalue weighted by Gasteiger charge is -2.45. The minimum Gasteiger partial charge on any atom is -0.483 e. The normalized spacial score (nSPS) is 17.7. The van der Waals surface area contributed by atoms with Crippen molar-refractivity contribution in [3.63, 3.8) is 0 Å². The number of amides is 3. The number of nitrogens with one attached hydrogen (secondary N) is 1. The summed E-state index contributed by atoms with van der Waals surface area (Å²) in [4.78, 5) is 41.8. The van der Waals surface area contributed by atoms with Gasteiger partial charge in [-0.05, 0) is 30.7 Å². The van der Waals surface area contributed by atoms with Gasteiger partial charge in [0.2, 0.25) is 11.8 Å². The average Bonchev–Trinajstić information content (AvgIpc) is 3.46. The first kappa shape index (κ1) is 27.9. The Hall–Kier alpha value is -4.11. The van der Waals surface area contributed by atoms with Crippen LogP contribution in [0.2, 0.25) is 0 Å². The van der Waals surface area contributed by atoms with Gasteiger partial charge in [0, 0.05) is 49.3 Å².